The van der Waals surface area contributed by atoms with Crippen molar-refractivity contribution >= 4 is 16.9 Å². The minimum atomic E-state index is -0.464. The highest BCUT2D eigenvalue weighted by atomic mass is 16.6. The van der Waals surface area contributed by atoms with Crippen LogP contribution in [0.1, 0.15) is 26.3 Å². The van der Waals surface area contributed by atoms with E-state index >= 15 is 0 Å². The van der Waals surface area contributed by atoms with Crippen molar-refractivity contribution in [1.29, 1.82) is 0 Å². The van der Waals surface area contributed by atoms with Gasteiger partial charge in [0.2, 0.25) is 0 Å². The van der Waals surface area contributed by atoms with Crippen LogP contribution >= 0.6 is 0 Å². The Morgan fingerprint density at radius 2 is 2.05 bits per heavy atom. The molecule has 0 saturated heterocycles. The third kappa shape index (κ3) is 5.00. The number of aromatic nitrogens is 1. The number of rotatable bonds is 5. The number of amides is 1. The van der Waals surface area contributed by atoms with Gasteiger partial charge in [0.05, 0.1) is 0 Å². The molecular formula is C17H23N3O2. The van der Waals surface area contributed by atoms with Crippen LogP contribution in [-0.4, -0.2) is 29.8 Å². The van der Waals surface area contributed by atoms with Crippen LogP contribution in [0.5, 0.6) is 0 Å². The largest absolute Gasteiger partial charge is 0.444 e. The zero-order chi connectivity index (χ0) is 16.0. The number of carbonyl (C=O) groups is 1. The minimum absolute atomic E-state index is 0.384. The smallest absolute Gasteiger partial charge is 0.407 e. The molecule has 0 saturated carbocycles. The van der Waals surface area contributed by atoms with Gasteiger partial charge in [0.15, 0.2) is 0 Å². The molecule has 1 aromatic carbocycles. The molecule has 2 aromatic rings. The Morgan fingerprint density at radius 1 is 1.23 bits per heavy atom. The lowest BCUT2D eigenvalue weighted by molar-refractivity contribution is 0.0528. The molecule has 1 heterocycles. The summed E-state index contributed by atoms with van der Waals surface area (Å²) in [6.45, 7) is 7.50. The zero-order valence-corrected chi connectivity index (χ0v) is 13.3. The van der Waals surface area contributed by atoms with Crippen LogP contribution in [0.25, 0.3) is 10.8 Å². The lowest BCUT2D eigenvalue weighted by atomic mass is 10.1. The number of ether oxygens (including phenoxy) is 1. The van der Waals surface area contributed by atoms with E-state index in [2.05, 4.69) is 27.8 Å². The van der Waals surface area contributed by atoms with Gasteiger partial charge in [0.1, 0.15) is 5.60 Å². The summed E-state index contributed by atoms with van der Waals surface area (Å²) in [6, 6.07) is 8.19. The molecule has 0 spiro atoms. The van der Waals surface area contributed by atoms with Crippen molar-refractivity contribution in [3.05, 3.63) is 42.2 Å². The molecule has 0 aliphatic heterocycles. The Hall–Kier alpha value is -2.14. The van der Waals surface area contributed by atoms with Gasteiger partial charge < -0.3 is 15.4 Å². The van der Waals surface area contributed by atoms with E-state index in [4.69, 9.17) is 4.74 Å². The maximum absolute atomic E-state index is 11.5. The maximum Gasteiger partial charge on any atom is 0.407 e. The van der Waals surface area contributed by atoms with E-state index in [1.54, 1.807) is 6.20 Å². The predicted molar refractivity (Wildman–Crippen MR) is 87.7 cm³/mol. The molecule has 0 bridgehead atoms. The van der Waals surface area contributed by atoms with Gasteiger partial charge in [-0.1, -0.05) is 18.2 Å². The Bertz CT molecular complexity index is 630. The van der Waals surface area contributed by atoms with Crippen molar-refractivity contribution in [2.75, 3.05) is 13.1 Å². The molecule has 118 valence electrons. The monoisotopic (exact) mass is 301 g/mol. The van der Waals surface area contributed by atoms with Crippen molar-refractivity contribution in [1.82, 2.24) is 15.6 Å². The average Bonchev–Trinajstić information content (AvgIpc) is 2.45. The quantitative estimate of drug-likeness (QED) is 0.834. The highest BCUT2D eigenvalue weighted by Crippen LogP contribution is 2.16. The van der Waals surface area contributed by atoms with Crippen molar-refractivity contribution in [2.24, 2.45) is 0 Å². The molecule has 0 atom stereocenters. The second-order valence-corrected chi connectivity index (χ2v) is 6.12. The first-order chi connectivity index (χ1) is 10.5. The topological polar surface area (TPSA) is 63.2 Å². The van der Waals surface area contributed by atoms with Crippen molar-refractivity contribution in [2.45, 2.75) is 32.9 Å². The lowest BCUT2D eigenvalue weighted by Gasteiger charge is -2.19. The Kier molecular flexibility index (Phi) is 5.33. The summed E-state index contributed by atoms with van der Waals surface area (Å²) in [7, 11) is 0. The Balaban J connectivity index is 1.76. The molecule has 0 unspecified atom stereocenters. The van der Waals surface area contributed by atoms with E-state index in [0.29, 0.717) is 13.1 Å². The molecule has 2 N–H and O–H groups in total. The molecule has 5 heteroatoms. The number of benzene rings is 1. The molecule has 0 aliphatic rings. The molecule has 0 fully saturated rings. The van der Waals surface area contributed by atoms with Gasteiger partial charge in [0, 0.05) is 37.4 Å². The summed E-state index contributed by atoms with van der Waals surface area (Å²) >= 11 is 0. The van der Waals surface area contributed by atoms with Crippen LogP contribution in [0.2, 0.25) is 0 Å². The van der Waals surface area contributed by atoms with Gasteiger partial charge in [-0.3, -0.25) is 4.98 Å². The average molecular weight is 301 g/mol. The van der Waals surface area contributed by atoms with Crippen LogP contribution in [0, 0.1) is 0 Å². The van der Waals surface area contributed by atoms with Crippen LogP contribution in [-0.2, 0) is 11.3 Å². The molecular weight excluding hydrogens is 278 g/mol. The molecule has 1 amide bonds. The van der Waals surface area contributed by atoms with Gasteiger partial charge in [-0.2, -0.15) is 0 Å². The second-order valence-electron chi connectivity index (χ2n) is 6.12. The fourth-order valence-electron chi connectivity index (χ4n) is 2.13. The van der Waals surface area contributed by atoms with E-state index in [1.165, 1.54) is 10.9 Å². The predicted octanol–water partition coefficient (Wildman–Crippen LogP) is 2.85. The lowest BCUT2D eigenvalue weighted by Crippen LogP contribution is -2.36. The van der Waals surface area contributed by atoms with Gasteiger partial charge in [-0.15, -0.1) is 0 Å². The standard InChI is InChI=1S/C17H23N3O2/c1-17(2,3)22-16(21)20-10-9-19-12-14-6-4-5-13-11-18-8-7-15(13)14/h4-8,11,19H,9-10,12H2,1-3H3,(H,20,21). The summed E-state index contributed by atoms with van der Waals surface area (Å²) in [5.74, 6) is 0. The highest BCUT2D eigenvalue weighted by molar-refractivity contribution is 5.84. The number of nitrogens with zero attached hydrogens (tertiary/aromatic N) is 1. The van der Waals surface area contributed by atoms with Crippen LogP contribution in [0.4, 0.5) is 4.79 Å². The number of hydrogen-bond donors (Lipinski definition) is 2. The van der Waals surface area contributed by atoms with Crippen LogP contribution < -0.4 is 10.6 Å². The van der Waals surface area contributed by atoms with Crippen molar-refractivity contribution in [3.63, 3.8) is 0 Å². The van der Waals surface area contributed by atoms with Gasteiger partial charge in [-0.25, -0.2) is 4.79 Å². The summed E-state index contributed by atoms with van der Waals surface area (Å²) in [5, 5.41) is 8.38. The van der Waals surface area contributed by atoms with E-state index in [0.717, 1.165) is 11.9 Å². The van der Waals surface area contributed by atoms with E-state index in [9.17, 15) is 4.79 Å². The molecule has 0 aliphatic carbocycles. The zero-order valence-electron chi connectivity index (χ0n) is 13.3. The third-order valence-corrected chi connectivity index (χ3v) is 3.06. The number of nitrogens with one attached hydrogen (secondary N) is 2. The fourth-order valence-corrected chi connectivity index (χ4v) is 2.13. The van der Waals surface area contributed by atoms with Gasteiger partial charge in [-0.05, 0) is 37.8 Å². The molecule has 5 nitrogen and oxygen atoms in total. The molecule has 0 radical (unpaired) electrons. The van der Waals surface area contributed by atoms with E-state index in [1.807, 2.05) is 39.1 Å². The third-order valence-electron chi connectivity index (χ3n) is 3.06. The second kappa shape index (κ2) is 7.22. The Labute approximate surface area is 131 Å². The number of fused-ring (bicyclic) bond motifs is 1. The summed E-state index contributed by atoms with van der Waals surface area (Å²) in [4.78, 5) is 15.6. The molecule has 2 rings (SSSR count). The molecule has 1 aromatic heterocycles. The normalized spacial score (nSPS) is 11.4. The minimum Gasteiger partial charge on any atom is -0.444 e. The van der Waals surface area contributed by atoms with Crippen molar-refractivity contribution < 1.29 is 9.53 Å². The first kappa shape index (κ1) is 16.2. The van der Waals surface area contributed by atoms with E-state index < -0.39 is 5.60 Å². The van der Waals surface area contributed by atoms with Crippen LogP contribution in [0.3, 0.4) is 0 Å². The number of hydrogen-bond acceptors (Lipinski definition) is 4. The summed E-state index contributed by atoms with van der Waals surface area (Å²) in [5.41, 5.74) is 0.756. The highest BCUT2D eigenvalue weighted by Gasteiger charge is 2.15. The van der Waals surface area contributed by atoms with Gasteiger partial charge in [0.25, 0.3) is 0 Å². The summed E-state index contributed by atoms with van der Waals surface area (Å²) in [6.07, 6.45) is 3.28. The summed E-state index contributed by atoms with van der Waals surface area (Å²) < 4.78 is 5.18. The fraction of sp³-hybridized carbons (Fsp3) is 0.412. The SMILES string of the molecule is CC(C)(C)OC(=O)NCCNCc1cccc2cnccc12. The number of carbonyl (C=O) groups excluding carboxylic acids is 1. The number of pyridine rings is 1. The first-order valence-corrected chi connectivity index (χ1v) is 7.45. The maximum atomic E-state index is 11.5. The molecule has 22 heavy (non-hydrogen) atoms. The van der Waals surface area contributed by atoms with Crippen LogP contribution in [0.15, 0.2) is 36.7 Å². The van der Waals surface area contributed by atoms with Gasteiger partial charge >= 0.3 is 6.09 Å². The first-order valence-electron chi connectivity index (χ1n) is 7.45. The number of alkyl carbamates (subject to hydrolysis) is 1. The van der Waals surface area contributed by atoms with Crippen molar-refractivity contribution in [3.8, 4) is 0 Å². The Morgan fingerprint density at radius 3 is 2.82 bits per heavy atom. The van der Waals surface area contributed by atoms with E-state index in [-0.39, 0.29) is 6.09 Å².